The normalized spacial score (nSPS) is 14.3. The monoisotopic (exact) mass is 437 g/mol. The number of amides is 4. The first-order chi connectivity index (χ1) is 15.4. The molecule has 2 aromatic carbocycles. The first kappa shape index (κ1) is 23.0. The lowest BCUT2D eigenvalue weighted by Crippen LogP contribution is -2.47. The van der Waals surface area contributed by atoms with E-state index in [1.165, 1.54) is 6.92 Å². The molecule has 0 aromatic heterocycles. The van der Waals surface area contributed by atoms with Crippen LogP contribution in [0.4, 0.5) is 4.79 Å². The van der Waals surface area contributed by atoms with Crippen molar-refractivity contribution in [1.29, 1.82) is 0 Å². The Bertz CT molecular complexity index is 953. The zero-order chi connectivity index (χ0) is 22.9. The number of imide groups is 1. The van der Waals surface area contributed by atoms with Gasteiger partial charge in [-0.1, -0.05) is 55.3 Å². The molecular weight excluding hydrogens is 410 g/mol. The van der Waals surface area contributed by atoms with Gasteiger partial charge in [-0.05, 0) is 43.0 Å². The van der Waals surface area contributed by atoms with Gasteiger partial charge in [0, 0.05) is 11.6 Å². The first-order valence-corrected chi connectivity index (χ1v) is 10.7. The van der Waals surface area contributed by atoms with Gasteiger partial charge in [-0.15, -0.1) is 0 Å². The summed E-state index contributed by atoms with van der Waals surface area (Å²) in [5, 5.41) is 7.36. The quantitative estimate of drug-likeness (QED) is 0.577. The second kappa shape index (κ2) is 11.1. The van der Waals surface area contributed by atoms with Gasteiger partial charge in [-0.25, -0.2) is 4.79 Å². The van der Waals surface area contributed by atoms with E-state index in [0.717, 1.165) is 36.8 Å². The van der Waals surface area contributed by atoms with Crippen molar-refractivity contribution in [3.8, 4) is 11.1 Å². The molecule has 0 radical (unpaired) electrons. The van der Waals surface area contributed by atoms with Gasteiger partial charge in [-0.2, -0.15) is 0 Å². The molecule has 0 bridgehead atoms. The number of nitrogens with one attached hydrogen (secondary N) is 3. The smallest absolute Gasteiger partial charge is 0.326 e. The van der Waals surface area contributed by atoms with Crippen LogP contribution in [0.25, 0.3) is 11.1 Å². The molecule has 2 aromatic rings. The van der Waals surface area contributed by atoms with Crippen LogP contribution >= 0.6 is 0 Å². The molecule has 1 aliphatic rings. The van der Waals surface area contributed by atoms with Gasteiger partial charge in [0.05, 0.1) is 0 Å². The van der Waals surface area contributed by atoms with Crippen LogP contribution in [0.1, 0.15) is 43.0 Å². The first-order valence-electron chi connectivity index (χ1n) is 10.7. The molecule has 1 saturated carbocycles. The van der Waals surface area contributed by atoms with E-state index in [2.05, 4.69) is 16.0 Å². The number of hydrogen-bond acceptors (Lipinski definition) is 5. The summed E-state index contributed by atoms with van der Waals surface area (Å²) in [4.78, 5) is 48.1. The van der Waals surface area contributed by atoms with Crippen LogP contribution in [0.2, 0.25) is 0 Å². The van der Waals surface area contributed by atoms with Crippen LogP contribution in [0, 0.1) is 0 Å². The molecule has 1 fully saturated rings. The van der Waals surface area contributed by atoms with Crippen molar-refractivity contribution in [2.24, 2.45) is 0 Å². The third-order valence-electron chi connectivity index (χ3n) is 5.25. The molecular formula is C24H27N3O5. The third-order valence-corrected chi connectivity index (χ3v) is 5.25. The third kappa shape index (κ3) is 6.66. The number of rotatable bonds is 7. The van der Waals surface area contributed by atoms with Gasteiger partial charge >= 0.3 is 12.0 Å². The largest absolute Gasteiger partial charge is 0.451 e. The highest BCUT2D eigenvalue weighted by atomic mass is 16.5. The number of hydrogen-bond donors (Lipinski definition) is 3. The minimum Gasteiger partial charge on any atom is -0.451 e. The van der Waals surface area contributed by atoms with Crippen LogP contribution in [-0.4, -0.2) is 42.5 Å². The standard InChI is InChI=1S/C24H27N3O5/c1-16(22(29)27-24(31)26-20-9-5-6-10-20)32-21(28)15-25-23(30)19-13-11-18(12-14-19)17-7-3-2-4-8-17/h2-4,7-8,11-14,16,20H,5-6,9-10,15H2,1H3,(H,25,30)(H2,26,27,29,31). The molecule has 0 heterocycles. The van der Waals surface area contributed by atoms with Gasteiger partial charge in [0.2, 0.25) is 0 Å². The molecule has 0 spiro atoms. The number of urea groups is 1. The summed E-state index contributed by atoms with van der Waals surface area (Å²) in [6, 6.07) is 16.2. The number of esters is 1. The summed E-state index contributed by atoms with van der Waals surface area (Å²) in [7, 11) is 0. The van der Waals surface area contributed by atoms with Gasteiger partial charge < -0.3 is 15.4 Å². The Morgan fingerprint density at radius 1 is 0.938 bits per heavy atom. The number of ether oxygens (including phenoxy) is 1. The van der Waals surface area contributed by atoms with E-state index in [9.17, 15) is 19.2 Å². The number of benzene rings is 2. The van der Waals surface area contributed by atoms with Crippen LogP contribution in [-0.2, 0) is 14.3 Å². The van der Waals surface area contributed by atoms with Crippen molar-refractivity contribution in [1.82, 2.24) is 16.0 Å². The zero-order valence-electron chi connectivity index (χ0n) is 17.9. The van der Waals surface area contributed by atoms with Crippen molar-refractivity contribution in [2.45, 2.75) is 44.8 Å². The lowest BCUT2D eigenvalue weighted by Gasteiger charge is -2.15. The fourth-order valence-corrected chi connectivity index (χ4v) is 3.50. The fourth-order valence-electron chi connectivity index (χ4n) is 3.50. The Labute approximate surface area is 186 Å². The van der Waals surface area contributed by atoms with Crippen LogP contribution < -0.4 is 16.0 Å². The van der Waals surface area contributed by atoms with Gasteiger partial charge in [0.1, 0.15) is 6.54 Å². The molecule has 1 aliphatic carbocycles. The summed E-state index contributed by atoms with van der Waals surface area (Å²) in [5.41, 5.74) is 2.40. The highest BCUT2D eigenvalue weighted by Gasteiger charge is 2.22. The molecule has 168 valence electrons. The Hall–Kier alpha value is -3.68. The van der Waals surface area contributed by atoms with Crippen molar-refractivity contribution in [3.05, 3.63) is 60.2 Å². The number of carbonyl (C=O) groups excluding carboxylic acids is 4. The van der Waals surface area contributed by atoms with Gasteiger partial charge in [0.15, 0.2) is 6.10 Å². The van der Waals surface area contributed by atoms with Crippen LogP contribution in [0.3, 0.4) is 0 Å². The zero-order valence-corrected chi connectivity index (χ0v) is 17.9. The molecule has 4 amide bonds. The van der Waals surface area contributed by atoms with Crippen molar-refractivity contribution >= 4 is 23.8 Å². The summed E-state index contributed by atoms with van der Waals surface area (Å²) in [6.45, 7) is 0.964. The van der Waals surface area contributed by atoms with E-state index in [4.69, 9.17) is 4.74 Å². The molecule has 3 rings (SSSR count). The van der Waals surface area contributed by atoms with E-state index in [1.807, 2.05) is 42.5 Å². The van der Waals surface area contributed by atoms with Gasteiger partial charge in [0.25, 0.3) is 11.8 Å². The summed E-state index contributed by atoms with van der Waals surface area (Å²) in [6.07, 6.45) is 2.71. The second-order valence-electron chi connectivity index (χ2n) is 7.70. The Balaban J connectivity index is 1.41. The predicted molar refractivity (Wildman–Crippen MR) is 119 cm³/mol. The fraction of sp³-hybridized carbons (Fsp3) is 0.333. The van der Waals surface area contributed by atoms with E-state index in [1.54, 1.807) is 12.1 Å². The molecule has 32 heavy (non-hydrogen) atoms. The molecule has 8 heteroatoms. The summed E-state index contributed by atoms with van der Waals surface area (Å²) < 4.78 is 5.00. The molecule has 1 atom stereocenters. The maximum absolute atomic E-state index is 12.3. The van der Waals surface area contributed by atoms with Crippen molar-refractivity contribution in [3.63, 3.8) is 0 Å². The van der Waals surface area contributed by atoms with E-state index >= 15 is 0 Å². The highest BCUT2D eigenvalue weighted by Crippen LogP contribution is 2.19. The average Bonchev–Trinajstić information content (AvgIpc) is 3.31. The van der Waals surface area contributed by atoms with Gasteiger partial charge in [-0.3, -0.25) is 19.7 Å². The molecule has 0 aliphatic heterocycles. The van der Waals surface area contributed by atoms with E-state index < -0.39 is 36.5 Å². The lowest BCUT2D eigenvalue weighted by atomic mass is 10.0. The molecule has 1 unspecified atom stereocenters. The number of carbonyl (C=O) groups is 4. The Morgan fingerprint density at radius 3 is 2.22 bits per heavy atom. The topological polar surface area (TPSA) is 114 Å². The molecule has 8 nitrogen and oxygen atoms in total. The van der Waals surface area contributed by atoms with Crippen molar-refractivity contribution in [2.75, 3.05) is 6.54 Å². The summed E-state index contributed by atoms with van der Waals surface area (Å²) >= 11 is 0. The summed E-state index contributed by atoms with van der Waals surface area (Å²) in [5.74, 6) is -1.94. The lowest BCUT2D eigenvalue weighted by molar-refractivity contribution is -0.153. The SMILES string of the molecule is CC(OC(=O)CNC(=O)c1ccc(-c2ccccc2)cc1)C(=O)NC(=O)NC1CCCC1. The molecule has 0 saturated heterocycles. The second-order valence-corrected chi connectivity index (χ2v) is 7.70. The highest BCUT2D eigenvalue weighted by molar-refractivity contribution is 5.98. The minimum absolute atomic E-state index is 0.0672. The van der Waals surface area contributed by atoms with E-state index in [-0.39, 0.29) is 6.04 Å². The minimum atomic E-state index is -1.17. The van der Waals surface area contributed by atoms with Crippen LogP contribution in [0.5, 0.6) is 0 Å². The maximum Gasteiger partial charge on any atom is 0.326 e. The van der Waals surface area contributed by atoms with E-state index in [0.29, 0.717) is 5.56 Å². The molecule has 3 N–H and O–H groups in total. The predicted octanol–water partition coefficient (Wildman–Crippen LogP) is 2.78. The van der Waals surface area contributed by atoms with Crippen molar-refractivity contribution < 1.29 is 23.9 Å². The Morgan fingerprint density at radius 2 is 1.56 bits per heavy atom. The maximum atomic E-state index is 12.3. The van der Waals surface area contributed by atoms with Crippen LogP contribution in [0.15, 0.2) is 54.6 Å². The average molecular weight is 437 g/mol. The Kier molecular flexibility index (Phi) is 7.96.